The number of benzene rings is 3. The summed E-state index contributed by atoms with van der Waals surface area (Å²) in [5, 5.41) is 15.7. The SMILES string of the molecule is CC(C)(C)c1cc(C(=O)N/N=C/c2c3ccccc3cc3ccccc23)n[nH]1. The van der Waals surface area contributed by atoms with Crippen molar-refractivity contribution in [3.63, 3.8) is 0 Å². The van der Waals surface area contributed by atoms with Crippen molar-refractivity contribution in [1.29, 1.82) is 0 Å². The zero-order valence-electron chi connectivity index (χ0n) is 16.2. The number of carbonyl (C=O) groups is 1. The molecule has 0 aliphatic carbocycles. The summed E-state index contributed by atoms with van der Waals surface area (Å²) >= 11 is 0. The number of fused-ring (bicyclic) bond motifs is 2. The van der Waals surface area contributed by atoms with E-state index >= 15 is 0 Å². The second-order valence-corrected chi connectivity index (χ2v) is 7.85. The number of carbonyl (C=O) groups excluding carboxylic acids is 1. The van der Waals surface area contributed by atoms with Gasteiger partial charge in [0, 0.05) is 16.7 Å². The molecule has 3 aromatic carbocycles. The maximum Gasteiger partial charge on any atom is 0.291 e. The normalized spacial score (nSPS) is 12.1. The average molecular weight is 370 g/mol. The predicted molar refractivity (Wildman–Crippen MR) is 114 cm³/mol. The van der Waals surface area contributed by atoms with E-state index in [-0.39, 0.29) is 11.3 Å². The zero-order chi connectivity index (χ0) is 19.7. The summed E-state index contributed by atoms with van der Waals surface area (Å²) in [4.78, 5) is 12.4. The van der Waals surface area contributed by atoms with Crippen molar-refractivity contribution in [2.45, 2.75) is 26.2 Å². The van der Waals surface area contributed by atoms with E-state index in [4.69, 9.17) is 0 Å². The molecule has 28 heavy (non-hydrogen) atoms. The van der Waals surface area contributed by atoms with Gasteiger partial charge in [-0.2, -0.15) is 10.2 Å². The van der Waals surface area contributed by atoms with Crippen LogP contribution in [0.2, 0.25) is 0 Å². The van der Waals surface area contributed by atoms with Crippen molar-refractivity contribution in [2.75, 3.05) is 0 Å². The molecule has 5 heteroatoms. The number of H-pyrrole nitrogens is 1. The van der Waals surface area contributed by atoms with Crippen LogP contribution in [0.4, 0.5) is 0 Å². The van der Waals surface area contributed by atoms with Crippen LogP contribution in [0, 0.1) is 0 Å². The van der Waals surface area contributed by atoms with Gasteiger partial charge < -0.3 is 0 Å². The van der Waals surface area contributed by atoms with Gasteiger partial charge in [-0.15, -0.1) is 0 Å². The number of hydrazone groups is 1. The van der Waals surface area contributed by atoms with Crippen molar-refractivity contribution in [2.24, 2.45) is 5.10 Å². The first-order valence-electron chi connectivity index (χ1n) is 9.23. The first-order chi connectivity index (χ1) is 13.4. The summed E-state index contributed by atoms with van der Waals surface area (Å²) in [7, 11) is 0. The Balaban J connectivity index is 1.65. The fraction of sp³-hybridized carbons (Fsp3) is 0.174. The van der Waals surface area contributed by atoms with Crippen molar-refractivity contribution in [3.8, 4) is 0 Å². The molecule has 1 heterocycles. The smallest absolute Gasteiger partial charge is 0.281 e. The molecular weight excluding hydrogens is 348 g/mol. The highest BCUT2D eigenvalue weighted by molar-refractivity contribution is 6.13. The molecule has 0 spiro atoms. The molecule has 0 fully saturated rings. The molecule has 4 rings (SSSR count). The lowest BCUT2D eigenvalue weighted by Gasteiger charge is -2.14. The van der Waals surface area contributed by atoms with Crippen LogP contribution in [0.15, 0.2) is 65.8 Å². The topological polar surface area (TPSA) is 70.1 Å². The number of nitrogens with zero attached hydrogens (tertiary/aromatic N) is 2. The van der Waals surface area contributed by atoms with Gasteiger partial charge in [0.15, 0.2) is 5.69 Å². The molecule has 0 radical (unpaired) electrons. The lowest BCUT2D eigenvalue weighted by Crippen LogP contribution is -2.18. The monoisotopic (exact) mass is 370 g/mol. The maximum absolute atomic E-state index is 12.4. The molecule has 5 nitrogen and oxygen atoms in total. The summed E-state index contributed by atoms with van der Waals surface area (Å²) in [5.41, 5.74) is 4.70. The van der Waals surface area contributed by atoms with E-state index in [2.05, 4.69) is 71.8 Å². The van der Waals surface area contributed by atoms with Gasteiger partial charge in [0.25, 0.3) is 5.91 Å². The first kappa shape index (κ1) is 17.9. The number of nitrogens with one attached hydrogen (secondary N) is 2. The van der Waals surface area contributed by atoms with Crippen molar-refractivity contribution in [1.82, 2.24) is 15.6 Å². The minimum atomic E-state index is -0.340. The third-order valence-corrected chi connectivity index (χ3v) is 4.79. The Morgan fingerprint density at radius 2 is 1.61 bits per heavy atom. The van der Waals surface area contributed by atoms with Gasteiger partial charge in [-0.1, -0.05) is 69.3 Å². The largest absolute Gasteiger partial charge is 0.291 e. The fourth-order valence-electron chi connectivity index (χ4n) is 3.22. The highest BCUT2D eigenvalue weighted by Crippen LogP contribution is 2.27. The van der Waals surface area contributed by atoms with Crippen LogP contribution in [-0.4, -0.2) is 22.3 Å². The van der Waals surface area contributed by atoms with E-state index < -0.39 is 0 Å². The maximum atomic E-state index is 12.4. The molecule has 140 valence electrons. The predicted octanol–water partition coefficient (Wildman–Crippen LogP) is 4.78. The molecule has 0 atom stereocenters. The van der Waals surface area contributed by atoms with Crippen molar-refractivity contribution in [3.05, 3.63) is 77.6 Å². The molecule has 0 aliphatic rings. The Morgan fingerprint density at radius 3 is 2.18 bits per heavy atom. The summed E-state index contributed by atoms with van der Waals surface area (Å²) in [6.45, 7) is 6.18. The Hall–Kier alpha value is -3.47. The molecule has 0 saturated heterocycles. The minimum Gasteiger partial charge on any atom is -0.281 e. The molecular formula is C23H22N4O. The van der Waals surface area contributed by atoms with Gasteiger partial charge in [0.2, 0.25) is 0 Å². The molecule has 0 unspecified atom stereocenters. The second-order valence-electron chi connectivity index (χ2n) is 7.85. The van der Waals surface area contributed by atoms with Gasteiger partial charge in [-0.25, -0.2) is 5.43 Å². The van der Waals surface area contributed by atoms with E-state index in [0.29, 0.717) is 5.69 Å². The third kappa shape index (κ3) is 3.39. The van der Waals surface area contributed by atoms with Crippen LogP contribution in [0.3, 0.4) is 0 Å². The molecule has 0 bridgehead atoms. The third-order valence-electron chi connectivity index (χ3n) is 4.79. The van der Waals surface area contributed by atoms with Crippen molar-refractivity contribution < 1.29 is 4.79 Å². The summed E-state index contributed by atoms with van der Waals surface area (Å²) < 4.78 is 0. The number of hydrogen-bond acceptors (Lipinski definition) is 3. The average Bonchev–Trinajstić information content (AvgIpc) is 3.18. The van der Waals surface area contributed by atoms with Crippen LogP contribution >= 0.6 is 0 Å². The van der Waals surface area contributed by atoms with Gasteiger partial charge >= 0.3 is 0 Å². The van der Waals surface area contributed by atoms with Crippen LogP contribution in [0.25, 0.3) is 21.5 Å². The van der Waals surface area contributed by atoms with E-state index in [9.17, 15) is 4.79 Å². The van der Waals surface area contributed by atoms with Gasteiger partial charge in [-0.3, -0.25) is 9.89 Å². The standard InChI is InChI=1S/C23H22N4O/c1-23(2,3)21-13-20(25-26-21)22(28)27-24-14-19-17-10-6-4-8-15(17)12-16-9-5-7-11-18(16)19/h4-14H,1-3H3,(H,25,26)(H,27,28)/b24-14+. The lowest BCUT2D eigenvalue weighted by molar-refractivity contribution is 0.0950. The Kier molecular flexibility index (Phi) is 4.43. The summed E-state index contributed by atoms with van der Waals surface area (Å²) in [5.74, 6) is -0.340. The number of amides is 1. The molecule has 0 saturated carbocycles. The van der Waals surface area contributed by atoms with Gasteiger partial charge in [-0.05, 0) is 33.7 Å². The molecule has 4 aromatic rings. The van der Waals surface area contributed by atoms with Crippen LogP contribution in [0.1, 0.15) is 42.5 Å². The number of aromatic amines is 1. The number of aromatic nitrogens is 2. The van der Waals surface area contributed by atoms with E-state index in [1.807, 2.05) is 24.3 Å². The minimum absolute atomic E-state index is 0.101. The quantitative estimate of drug-likeness (QED) is 0.310. The Morgan fingerprint density at radius 1 is 1.00 bits per heavy atom. The molecule has 2 N–H and O–H groups in total. The first-order valence-corrected chi connectivity index (χ1v) is 9.23. The summed E-state index contributed by atoms with van der Waals surface area (Å²) in [6.07, 6.45) is 1.71. The molecule has 0 aliphatic heterocycles. The number of rotatable bonds is 3. The zero-order valence-corrected chi connectivity index (χ0v) is 16.2. The highest BCUT2D eigenvalue weighted by atomic mass is 16.2. The Labute approximate surface area is 163 Å². The van der Waals surface area contributed by atoms with Crippen LogP contribution in [-0.2, 0) is 5.41 Å². The van der Waals surface area contributed by atoms with Gasteiger partial charge in [0.1, 0.15) is 0 Å². The number of hydrogen-bond donors (Lipinski definition) is 2. The molecule has 1 aromatic heterocycles. The fourth-order valence-corrected chi connectivity index (χ4v) is 3.22. The van der Waals surface area contributed by atoms with E-state index in [1.54, 1.807) is 12.3 Å². The van der Waals surface area contributed by atoms with Crippen LogP contribution in [0.5, 0.6) is 0 Å². The summed E-state index contributed by atoms with van der Waals surface area (Å²) in [6, 6.07) is 20.3. The van der Waals surface area contributed by atoms with E-state index in [1.165, 1.54) is 0 Å². The molecule has 1 amide bonds. The Bertz CT molecular complexity index is 1140. The van der Waals surface area contributed by atoms with Crippen molar-refractivity contribution >= 4 is 33.7 Å². The highest BCUT2D eigenvalue weighted by Gasteiger charge is 2.19. The van der Waals surface area contributed by atoms with Gasteiger partial charge in [0.05, 0.1) is 6.21 Å². The van der Waals surface area contributed by atoms with E-state index in [0.717, 1.165) is 32.8 Å². The van der Waals surface area contributed by atoms with Crippen LogP contribution < -0.4 is 5.43 Å². The lowest BCUT2D eigenvalue weighted by atomic mass is 9.92. The second kappa shape index (κ2) is 6.93.